The van der Waals surface area contributed by atoms with Crippen LogP contribution in [-0.4, -0.2) is 30.1 Å². The summed E-state index contributed by atoms with van der Waals surface area (Å²) in [5.74, 6) is 2.42. The monoisotopic (exact) mass is 254 g/mol. The van der Waals surface area contributed by atoms with Crippen molar-refractivity contribution in [3.8, 4) is 0 Å². The summed E-state index contributed by atoms with van der Waals surface area (Å²) in [6.45, 7) is 13.8. The Kier molecular flexibility index (Phi) is 6.65. The summed E-state index contributed by atoms with van der Waals surface area (Å²) in [7, 11) is 0. The van der Waals surface area contributed by atoms with Crippen molar-refractivity contribution in [2.75, 3.05) is 13.1 Å². The van der Waals surface area contributed by atoms with Crippen LogP contribution in [0.2, 0.25) is 0 Å². The Morgan fingerprint density at radius 2 is 1.67 bits per heavy atom. The summed E-state index contributed by atoms with van der Waals surface area (Å²) in [6.07, 6.45) is 5.29. The van der Waals surface area contributed by atoms with Gasteiger partial charge in [-0.2, -0.15) is 0 Å². The third-order valence-corrected chi connectivity index (χ3v) is 4.25. The first-order chi connectivity index (χ1) is 8.43. The van der Waals surface area contributed by atoms with E-state index in [1.165, 1.54) is 32.2 Å². The largest absolute Gasteiger partial charge is 0.329 e. The summed E-state index contributed by atoms with van der Waals surface area (Å²) >= 11 is 0. The smallest absolute Gasteiger partial charge is 0.0223 e. The van der Waals surface area contributed by atoms with Crippen LogP contribution in [-0.2, 0) is 0 Å². The highest BCUT2D eigenvalue weighted by Gasteiger charge is 2.31. The van der Waals surface area contributed by atoms with Gasteiger partial charge in [-0.15, -0.1) is 0 Å². The molecule has 0 saturated carbocycles. The molecule has 0 bridgehead atoms. The molecule has 2 N–H and O–H groups in total. The maximum atomic E-state index is 6.01. The summed E-state index contributed by atoms with van der Waals surface area (Å²) in [5, 5.41) is 0. The molecule has 2 nitrogen and oxygen atoms in total. The number of likely N-dealkylation sites (tertiary alicyclic amines) is 1. The normalized spacial score (nSPS) is 26.5. The molecule has 2 atom stereocenters. The van der Waals surface area contributed by atoms with Crippen LogP contribution in [0.1, 0.15) is 60.3 Å². The van der Waals surface area contributed by atoms with Gasteiger partial charge in [0.05, 0.1) is 0 Å². The zero-order chi connectivity index (χ0) is 13.7. The van der Waals surface area contributed by atoms with E-state index in [-0.39, 0.29) is 0 Å². The first kappa shape index (κ1) is 16.0. The van der Waals surface area contributed by atoms with Crippen LogP contribution in [0.5, 0.6) is 0 Å². The summed E-state index contributed by atoms with van der Waals surface area (Å²) in [5.41, 5.74) is 6.01. The predicted molar refractivity (Wildman–Crippen MR) is 80.6 cm³/mol. The number of hydrogen-bond donors (Lipinski definition) is 1. The molecular weight excluding hydrogens is 220 g/mol. The van der Waals surface area contributed by atoms with Gasteiger partial charge in [-0.1, -0.05) is 34.6 Å². The van der Waals surface area contributed by atoms with Crippen molar-refractivity contribution in [3.63, 3.8) is 0 Å². The predicted octanol–water partition coefficient (Wildman–Crippen LogP) is 3.51. The van der Waals surface area contributed by atoms with E-state index in [1.807, 2.05) is 0 Å². The SMILES string of the molecule is CC(C)CC(CC(C)C)N1CCC(C)CC1CN. The minimum absolute atomic E-state index is 0.622. The van der Waals surface area contributed by atoms with E-state index in [2.05, 4.69) is 39.5 Å². The van der Waals surface area contributed by atoms with Crippen LogP contribution >= 0.6 is 0 Å². The summed E-state index contributed by atoms with van der Waals surface area (Å²) in [6, 6.07) is 1.36. The molecule has 1 rings (SSSR count). The van der Waals surface area contributed by atoms with Crippen LogP contribution < -0.4 is 5.73 Å². The molecule has 1 saturated heterocycles. The Labute approximate surface area is 114 Å². The molecule has 0 aromatic rings. The second-order valence-corrected chi connectivity index (χ2v) is 7.17. The number of piperidine rings is 1. The Balaban J connectivity index is 2.69. The molecule has 108 valence electrons. The van der Waals surface area contributed by atoms with E-state index in [0.29, 0.717) is 6.04 Å². The lowest BCUT2D eigenvalue weighted by Crippen LogP contribution is -2.51. The Morgan fingerprint density at radius 1 is 1.11 bits per heavy atom. The van der Waals surface area contributed by atoms with Gasteiger partial charge in [0.25, 0.3) is 0 Å². The maximum Gasteiger partial charge on any atom is 0.0223 e. The van der Waals surface area contributed by atoms with Gasteiger partial charge in [-0.3, -0.25) is 4.90 Å². The molecule has 0 aromatic carbocycles. The Hall–Kier alpha value is -0.0800. The van der Waals surface area contributed by atoms with E-state index in [1.54, 1.807) is 0 Å². The van der Waals surface area contributed by atoms with E-state index in [0.717, 1.165) is 30.3 Å². The zero-order valence-electron chi connectivity index (χ0n) is 13.2. The lowest BCUT2D eigenvalue weighted by Gasteiger charge is -2.44. The number of rotatable bonds is 6. The minimum atomic E-state index is 0.622. The van der Waals surface area contributed by atoms with Crippen molar-refractivity contribution in [1.82, 2.24) is 4.90 Å². The van der Waals surface area contributed by atoms with E-state index in [4.69, 9.17) is 5.73 Å². The number of nitrogens with zero attached hydrogens (tertiary/aromatic N) is 1. The van der Waals surface area contributed by atoms with Gasteiger partial charge in [0, 0.05) is 18.6 Å². The quantitative estimate of drug-likeness (QED) is 0.786. The van der Waals surface area contributed by atoms with Crippen LogP contribution in [0, 0.1) is 17.8 Å². The van der Waals surface area contributed by atoms with E-state index in [9.17, 15) is 0 Å². The van der Waals surface area contributed by atoms with Crippen LogP contribution in [0.3, 0.4) is 0 Å². The van der Waals surface area contributed by atoms with Gasteiger partial charge in [0.1, 0.15) is 0 Å². The van der Waals surface area contributed by atoms with Crippen LogP contribution in [0.4, 0.5) is 0 Å². The Bertz CT molecular complexity index is 215. The molecule has 2 unspecified atom stereocenters. The fourth-order valence-electron chi connectivity index (χ4n) is 3.44. The average molecular weight is 254 g/mol. The first-order valence-corrected chi connectivity index (χ1v) is 7.89. The second-order valence-electron chi connectivity index (χ2n) is 7.17. The molecule has 1 aliphatic heterocycles. The summed E-state index contributed by atoms with van der Waals surface area (Å²) in [4.78, 5) is 2.74. The lowest BCUT2D eigenvalue weighted by molar-refractivity contribution is 0.0555. The molecule has 0 radical (unpaired) electrons. The molecule has 1 heterocycles. The van der Waals surface area contributed by atoms with Crippen molar-refractivity contribution < 1.29 is 0 Å². The van der Waals surface area contributed by atoms with E-state index >= 15 is 0 Å². The minimum Gasteiger partial charge on any atom is -0.329 e. The average Bonchev–Trinajstić information content (AvgIpc) is 2.26. The van der Waals surface area contributed by atoms with Gasteiger partial charge >= 0.3 is 0 Å². The first-order valence-electron chi connectivity index (χ1n) is 7.89. The topological polar surface area (TPSA) is 29.3 Å². The fourth-order valence-corrected chi connectivity index (χ4v) is 3.44. The van der Waals surface area contributed by atoms with Crippen molar-refractivity contribution in [2.24, 2.45) is 23.5 Å². The van der Waals surface area contributed by atoms with Crippen molar-refractivity contribution >= 4 is 0 Å². The van der Waals surface area contributed by atoms with E-state index < -0.39 is 0 Å². The lowest BCUT2D eigenvalue weighted by atomic mass is 9.87. The van der Waals surface area contributed by atoms with Crippen LogP contribution in [0.15, 0.2) is 0 Å². The zero-order valence-corrected chi connectivity index (χ0v) is 13.2. The molecule has 0 aromatic heterocycles. The summed E-state index contributed by atoms with van der Waals surface area (Å²) < 4.78 is 0. The molecule has 18 heavy (non-hydrogen) atoms. The van der Waals surface area contributed by atoms with Gasteiger partial charge in [-0.25, -0.2) is 0 Å². The number of hydrogen-bond acceptors (Lipinski definition) is 2. The molecule has 0 aliphatic carbocycles. The van der Waals surface area contributed by atoms with Crippen LogP contribution in [0.25, 0.3) is 0 Å². The molecule has 1 aliphatic rings. The highest BCUT2D eigenvalue weighted by molar-refractivity contribution is 4.86. The molecule has 0 spiro atoms. The fraction of sp³-hybridized carbons (Fsp3) is 1.00. The molecule has 2 heteroatoms. The maximum absolute atomic E-state index is 6.01. The van der Waals surface area contributed by atoms with Crippen molar-refractivity contribution in [3.05, 3.63) is 0 Å². The molecule has 0 amide bonds. The van der Waals surface area contributed by atoms with Crippen molar-refractivity contribution in [1.29, 1.82) is 0 Å². The van der Waals surface area contributed by atoms with Gasteiger partial charge in [0.2, 0.25) is 0 Å². The highest BCUT2D eigenvalue weighted by Crippen LogP contribution is 2.28. The van der Waals surface area contributed by atoms with Gasteiger partial charge in [0.15, 0.2) is 0 Å². The number of nitrogens with two attached hydrogens (primary N) is 1. The standard InChI is InChI=1S/C16H34N2/c1-12(2)8-15(9-13(3)4)18-7-6-14(5)10-16(18)11-17/h12-16H,6-11,17H2,1-5H3. The Morgan fingerprint density at radius 3 is 2.11 bits per heavy atom. The third kappa shape index (κ3) is 4.89. The van der Waals surface area contributed by atoms with Gasteiger partial charge in [-0.05, 0) is 50.0 Å². The van der Waals surface area contributed by atoms with Gasteiger partial charge < -0.3 is 5.73 Å². The molecular formula is C16H34N2. The highest BCUT2D eigenvalue weighted by atomic mass is 15.2. The molecule has 1 fully saturated rings. The second kappa shape index (κ2) is 7.49. The van der Waals surface area contributed by atoms with Crippen molar-refractivity contribution in [2.45, 2.75) is 72.4 Å². The third-order valence-electron chi connectivity index (χ3n) is 4.25.